The van der Waals surface area contributed by atoms with Crippen LogP contribution in [0.2, 0.25) is 0 Å². The molecule has 0 aromatic heterocycles. The first-order chi connectivity index (χ1) is 17.0. The van der Waals surface area contributed by atoms with Gasteiger partial charge in [0.25, 0.3) is 0 Å². The lowest BCUT2D eigenvalue weighted by Gasteiger charge is -2.36. The zero-order valence-electron chi connectivity index (χ0n) is 20.9. The number of benzene rings is 2. The summed E-state index contributed by atoms with van der Waals surface area (Å²) in [6.45, 7) is 6.69. The Hall–Kier alpha value is -3.54. The van der Waals surface area contributed by atoms with Crippen LogP contribution in [0.1, 0.15) is 63.0 Å². The van der Waals surface area contributed by atoms with E-state index in [9.17, 15) is 9.59 Å². The van der Waals surface area contributed by atoms with Crippen molar-refractivity contribution >= 4 is 11.8 Å². The van der Waals surface area contributed by atoms with Gasteiger partial charge in [-0.05, 0) is 68.0 Å². The number of hydrogen-bond donors (Lipinski definition) is 1. The quantitative estimate of drug-likeness (QED) is 0.515. The van der Waals surface area contributed by atoms with Crippen LogP contribution in [-0.2, 0) is 14.3 Å². The van der Waals surface area contributed by atoms with E-state index in [1.165, 1.54) is 0 Å². The summed E-state index contributed by atoms with van der Waals surface area (Å²) < 4.78 is 16.4. The number of esters is 1. The fraction of sp³-hybridized carbons (Fsp3) is 0.379. The molecular weight excluding hydrogens is 442 g/mol. The van der Waals surface area contributed by atoms with Gasteiger partial charge in [0.1, 0.15) is 11.5 Å². The Labute approximate surface area is 207 Å². The number of dihydropyridines is 1. The number of allylic oxidation sites excluding steroid dienone is 3. The average molecular weight is 476 g/mol. The molecule has 2 unspecified atom stereocenters. The van der Waals surface area contributed by atoms with Gasteiger partial charge in [-0.2, -0.15) is 0 Å². The molecule has 1 aliphatic heterocycles. The van der Waals surface area contributed by atoms with Crippen molar-refractivity contribution in [2.45, 2.75) is 51.9 Å². The molecule has 2 atom stereocenters. The van der Waals surface area contributed by atoms with Crippen LogP contribution in [0.3, 0.4) is 0 Å². The summed E-state index contributed by atoms with van der Waals surface area (Å²) in [7, 11) is 1.64. The first-order valence-electron chi connectivity index (χ1n) is 12.2. The number of hydrogen-bond acceptors (Lipinski definition) is 6. The Balaban J connectivity index is 1.73. The highest BCUT2D eigenvalue weighted by Gasteiger charge is 2.41. The third kappa shape index (κ3) is 5.11. The molecule has 0 bridgehead atoms. The lowest BCUT2D eigenvalue weighted by Crippen LogP contribution is -2.36. The number of nitrogens with one attached hydrogen (secondary N) is 1. The first-order valence-corrected chi connectivity index (χ1v) is 12.2. The normalized spacial score (nSPS) is 19.7. The molecule has 0 spiro atoms. The molecule has 1 heterocycles. The molecule has 2 aromatic carbocycles. The van der Waals surface area contributed by atoms with E-state index in [0.717, 1.165) is 40.4 Å². The van der Waals surface area contributed by atoms with Gasteiger partial charge in [0.05, 0.1) is 25.9 Å². The van der Waals surface area contributed by atoms with Gasteiger partial charge in [-0.1, -0.05) is 31.2 Å². The van der Waals surface area contributed by atoms with Crippen molar-refractivity contribution in [3.05, 3.63) is 82.2 Å². The molecule has 6 heteroatoms. The molecule has 1 aliphatic carbocycles. The standard InChI is InChI=1S/C29H33NO5/c1-5-15-35-29(32)26-18(3)30-24-16-21(19-7-11-22(33-4)12-8-19)17-25(31)28(24)27(26)20-9-13-23(14-10-20)34-6-2/h7-14,21,27,30H,5-6,15-17H2,1-4H3. The molecule has 0 amide bonds. The van der Waals surface area contributed by atoms with Crippen molar-refractivity contribution < 1.29 is 23.8 Å². The number of carbonyl (C=O) groups excluding carboxylic acids is 2. The van der Waals surface area contributed by atoms with Crippen molar-refractivity contribution in [1.29, 1.82) is 0 Å². The van der Waals surface area contributed by atoms with Gasteiger partial charge in [-0.25, -0.2) is 4.79 Å². The van der Waals surface area contributed by atoms with Crippen molar-refractivity contribution in [2.24, 2.45) is 0 Å². The lowest BCUT2D eigenvalue weighted by atomic mass is 9.71. The second kappa shape index (κ2) is 10.8. The monoisotopic (exact) mass is 475 g/mol. The Morgan fingerprint density at radius 3 is 2.26 bits per heavy atom. The van der Waals surface area contributed by atoms with Gasteiger partial charge in [-0.15, -0.1) is 0 Å². The number of ether oxygens (including phenoxy) is 3. The molecule has 6 nitrogen and oxygen atoms in total. The summed E-state index contributed by atoms with van der Waals surface area (Å²) in [6.07, 6.45) is 1.81. The highest BCUT2D eigenvalue weighted by molar-refractivity contribution is 6.04. The minimum absolute atomic E-state index is 0.0479. The van der Waals surface area contributed by atoms with E-state index >= 15 is 0 Å². The third-order valence-corrected chi connectivity index (χ3v) is 6.60. The van der Waals surface area contributed by atoms with E-state index in [-0.39, 0.29) is 17.7 Å². The fourth-order valence-corrected chi connectivity index (χ4v) is 4.95. The molecule has 1 N–H and O–H groups in total. The van der Waals surface area contributed by atoms with Crippen LogP contribution < -0.4 is 14.8 Å². The van der Waals surface area contributed by atoms with Gasteiger partial charge in [0.15, 0.2) is 5.78 Å². The number of methoxy groups -OCH3 is 1. The Bertz CT molecular complexity index is 1140. The highest BCUT2D eigenvalue weighted by Crippen LogP contribution is 2.46. The second-order valence-corrected chi connectivity index (χ2v) is 8.93. The van der Waals surface area contributed by atoms with E-state index in [1.807, 2.05) is 69.3 Å². The minimum Gasteiger partial charge on any atom is -0.497 e. The molecular formula is C29H33NO5. The maximum Gasteiger partial charge on any atom is 0.336 e. The number of carbonyl (C=O) groups is 2. The number of Topliss-reactive ketones (excluding diaryl/α,β-unsaturated/α-hetero) is 1. The predicted octanol–water partition coefficient (Wildman–Crippen LogP) is 5.41. The van der Waals surface area contributed by atoms with E-state index in [2.05, 4.69) is 5.32 Å². The van der Waals surface area contributed by atoms with Crippen molar-refractivity contribution in [2.75, 3.05) is 20.3 Å². The SMILES string of the molecule is CCCOC(=O)C1=C(C)NC2=C(C(=O)CC(c3ccc(OC)cc3)C2)C1c1ccc(OCC)cc1. The molecule has 0 saturated carbocycles. The third-order valence-electron chi connectivity index (χ3n) is 6.60. The van der Waals surface area contributed by atoms with Gasteiger partial charge in [0.2, 0.25) is 0 Å². The first kappa shape index (κ1) is 24.6. The number of ketones is 1. The van der Waals surface area contributed by atoms with Crippen molar-refractivity contribution in [3.63, 3.8) is 0 Å². The number of rotatable bonds is 8. The summed E-state index contributed by atoms with van der Waals surface area (Å²) >= 11 is 0. The van der Waals surface area contributed by atoms with Crippen LogP contribution in [0.4, 0.5) is 0 Å². The van der Waals surface area contributed by atoms with Crippen LogP contribution in [0.15, 0.2) is 71.1 Å². The molecule has 2 aliphatic rings. The highest BCUT2D eigenvalue weighted by atomic mass is 16.5. The molecule has 184 valence electrons. The van der Waals surface area contributed by atoms with Gasteiger partial charge in [0, 0.05) is 29.3 Å². The maximum atomic E-state index is 13.7. The van der Waals surface area contributed by atoms with Gasteiger partial charge >= 0.3 is 5.97 Å². The largest absolute Gasteiger partial charge is 0.497 e. The van der Waals surface area contributed by atoms with Crippen LogP contribution >= 0.6 is 0 Å². The van der Waals surface area contributed by atoms with Crippen LogP contribution in [-0.4, -0.2) is 32.1 Å². The molecule has 4 rings (SSSR count). The molecule has 0 radical (unpaired) electrons. The van der Waals surface area contributed by atoms with E-state index in [1.54, 1.807) is 7.11 Å². The zero-order valence-corrected chi connectivity index (χ0v) is 20.9. The Morgan fingerprint density at radius 1 is 0.971 bits per heavy atom. The predicted molar refractivity (Wildman–Crippen MR) is 134 cm³/mol. The van der Waals surface area contributed by atoms with Crippen molar-refractivity contribution in [3.8, 4) is 11.5 Å². The van der Waals surface area contributed by atoms with E-state index in [4.69, 9.17) is 14.2 Å². The smallest absolute Gasteiger partial charge is 0.336 e. The zero-order chi connectivity index (χ0) is 24.9. The maximum absolute atomic E-state index is 13.7. The molecule has 2 aromatic rings. The lowest BCUT2D eigenvalue weighted by molar-refractivity contribution is -0.139. The van der Waals surface area contributed by atoms with E-state index < -0.39 is 5.92 Å². The summed E-state index contributed by atoms with van der Waals surface area (Å²) in [5, 5.41) is 3.40. The minimum atomic E-state index is -0.476. The summed E-state index contributed by atoms with van der Waals surface area (Å²) in [5.41, 5.74) is 4.74. The second-order valence-electron chi connectivity index (χ2n) is 8.93. The topological polar surface area (TPSA) is 73.9 Å². The van der Waals surface area contributed by atoms with Gasteiger partial charge < -0.3 is 19.5 Å². The van der Waals surface area contributed by atoms with Crippen LogP contribution in [0.5, 0.6) is 11.5 Å². The summed E-state index contributed by atoms with van der Waals surface area (Å²) in [4.78, 5) is 26.8. The molecule has 35 heavy (non-hydrogen) atoms. The van der Waals surface area contributed by atoms with E-state index in [0.29, 0.717) is 37.2 Å². The van der Waals surface area contributed by atoms with Crippen molar-refractivity contribution in [1.82, 2.24) is 5.32 Å². The molecule has 0 saturated heterocycles. The Morgan fingerprint density at radius 2 is 1.63 bits per heavy atom. The Kier molecular flexibility index (Phi) is 7.59. The van der Waals surface area contributed by atoms with Gasteiger partial charge in [-0.3, -0.25) is 4.79 Å². The molecule has 0 fully saturated rings. The summed E-state index contributed by atoms with van der Waals surface area (Å²) in [6, 6.07) is 15.5. The van der Waals surface area contributed by atoms with Crippen LogP contribution in [0.25, 0.3) is 0 Å². The summed E-state index contributed by atoms with van der Waals surface area (Å²) in [5.74, 6) is 0.789. The van der Waals surface area contributed by atoms with Crippen LogP contribution in [0, 0.1) is 0 Å². The average Bonchev–Trinajstić information content (AvgIpc) is 2.87. The fourth-order valence-electron chi connectivity index (χ4n) is 4.95.